The summed E-state index contributed by atoms with van der Waals surface area (Å²) in [5.74, 6) is -0.217. The molecule has 0 fully saturated rings. The average Bonchev–Trinajstić information content (AvgIpc) is 3.17. The monoisotopic (exact) mass is 278 g/mol. The van der Waals surface area contributed by atoms with Crippen molar-refractivity contribution in [2.75, 3.05) is 0 Å². The number of dihydropyridines is 1. The molecular weight excluding hydrogens is 263 g/mol. The van der Waals surface area contributed by atoms with E-state index in [2.05, 4.69) is 29.6 Å². The molecule has 21 heavy (non-hydrogen) atoms. The molecule has 3 heteroatoms. The number of hydrogen-bond acceptors (Lipinski definition) is 2. The Labute approximate surface area is 122 Å². The third-order valence-corrected chi connectivity index (χ3v) is 4.13. The number of allylic oxidation sites excluding steroid dienone is 2. The summed E-state index contributed by atoms with van der Waals surface area (Å²) < 4.78 is 13.5. The van der Waals surface area contributed by atoms with Gasteiger partial charge in [0.05, 0.1) is 12.1 Å². The number of fused-ring (bicyclic) bond motifs is 1. The van der Waals surface area contributed by atoms with Gasteiger partial charge in [0.1, 0.15) is 5.82 Å². The van der Waals surface area contributed by atoms with E-state index in [4.69, 9.17) is 5.73 Å². The Hall–Kier alpha value is -2.39. The van der Waals surface area contributed by atoms with Crippen molar-refractivity contribution in [2.24, 2.45) is 5.73 Å². The minimum Gasteiger partial charge on any atom is -0.380 e. The van der Waals surface area contributed by atoms with Crippen molar-refractivity contribution in [3.63, 3.8) is 0 Å². The standard InChI is InChI=1S/C18H15FN2/c19-13-4-1-3-12(9-13)18-14(5-2-8-21-18)11-6-7-15-16(10-11)17(15)20/h1-10,17-18,21H,20H2. The molecular formula is C18H15FN2. The van der Waals surface area contributed by atoms with Crippen molar-refractivity contribution in [1.29, 1.82) is 0 Å². The van der Waals surface area contributed by atoms with E-state index >= 15 is 0 Å². The van der Waals surface area contributed by atoms with Crippen LogP contribution < -0.4 is 11.1 Å². The van der Waals surface area contributed by atoms with Crippen LogP contribution in [0.1, 0.15) is 34.3 Å². The van der Waals surface area contributed by atoms with Crippen molar-refractivity contribution in [2.45, 2.75) is 12.1 Å². The van der Waals surface area contributed by atoms with Crippen LogP contribution in [0.4, 0.5) is 4.39 Å². The summed E-state index contributed by atoms with van der Waals surface area (Å²) in [7, 11) is 0. The van der Waals surface area contributed by atoms with Crippen LogP contribution in [-0.2, 0) is 0 Å². The molecule has 0 radical (unpaired) electrons. The molecule has 2 aromatic carbocycles. The maximum atomic E-state index is 13.5. The number of nitrogens with one attached hydrogen (secondary N) is 1. The first-order valence-electron chi connectivity index (χ1n) is 7.02. The molecule has 0 spiro atoms. The average molecular weight is 278 g/mol. The van der Waals surface area contributed by atoms with Crippen LogP contribution in [0.3, 0.4) is 0 Å². The maximum absolute atomic E-state index is 13.5. The number of nitrogens with two attached hydrogens (primary N) is 1. The molecule has 104 valence electrons. The summed E-state index contributed by atoms with van der Waals surface area (Å²) in [5, 5.41) is 3.31. The second kappa shape index (κ2) is 4.57. The lowest BCUT2D eigenvalue weighted by atomic mass is 9.91. The normalized spacial score (nSPS) is 22.3. The first-order chi connectivity index (χ1) is 10.2. The Morgan fingerprint density at radius 2 is 1.95 bits per heavy atom. The molecule has 2 nitrogen and oxygen atoms in total. The third-order valence-electron chi connectivity index (χ3n) is 4.13. The molecule has 0 saturated heterocycles. The van der Waals surface area contributed by atoms with Crippen molar-refractivity contribution < 1.29 is 4.39 Å². The van der Waals surface area contributed by atoms with Gasteiger partial charge in [-0.15, -0.1) is 0 Å². The Morgan fingerprint density at radius 1 is 1.05 bits per heavy atom. The van der Waals surface area contributed by atoms with Gasteiger partial charge in [-0.3, -0.25) is 0 Å². The van der Waals surface area contributed by atoms with Crippen LogP contribution in [-0.4, -0.2) is 0 Å². The van der Waals surface area contributed by atoms with E-state index in [1.807, 2.05) is 18.3 Å². The zero-order valence-electron chi connectivity index (χ0n) is 11.4. The molecule has 0 aromatic heterocycles. The first kappa shape index (κ1) is 12.4. The molecule has 1 aliphatic heterocycles. The molecule has 0 saturated carbocycles. The fraction of sp³-hybridized carbons (Fsp3) is 0.111. The molecule has 2 unspecified atom stereocenters. The van der Waals surface area contributed by atoms with E-state index < -0.39 is 0 Å². The first-order valence-corrected chi connectivity index (χ1v) is 7.02. The van der Waals surface area contributed by atoms with Gasteiger partial charge in [0.2, 0.25) is 0 Å². The summed E-state index contributed by atoms with van der Waals surface area (Å²) in [6.45, 7) is 0. The van der Waals surface area contributed by atoms with Crippen molar-refractivity contribution in [3.05, 3.63) is 88.9 Å². The minimum atomic E-state index is -0.217. The van der Waals surface area contributed by atoms with Crippen LogP contribution in [0.25, 0.3) is 5.57 Å². The van der Waals surface area contributed by atoms with Crippen LogP contribution in [0.5, 0.6) is 0 Å². The molecule has 1 heterocycles. The molecule has 1 aliphatic carbocycles. The van der Waals surface area contributed by atoms with E-state index in [9.17, 15) is 4.39 Å². The van der Waals surface area contributed by atoms with Gasteiger partial charge >= 0.3 is 0 Å². The number of halogens is 1. The largest absolute Gasteiger partial charge is 0.380 e. The molecule has 0 bridgehead atoms. The zero-order chi connectivity index (χ0) is 14.4. The fourth-order valence-corrected chi connectivity index (χ4v) is 2.94. The summed E-state index contributed by atoms with van der Waals surface area (Å²) in [6.07, 6.45) is 5.93. The van der Waals surface area contributed by atoms with E-state index in [0.717, 1.165) is 16.7 Å². The van der Waals surface area contributed by atoms with Gasteiger partial charge < -0.3 is 11.1 Å². The summed E-state index contributed by atoms with van der Waals surface area (Å²) in [6, 6.07) is 13.1. The smallest absolute Gasteiger partial charge is 0.123 e. The Morgan fingerprint density at radius 3 is 2.76 bits per heavy atom. The fourth-order valence-electron chi connectivity index (χ4n) is 2.94. The van der Waals surface area contributed by atoms with Crippen molar-refractivity contribution >= 4 is 5.57 Å². The number of hydrogen-bond donors (Lipinski definition) is 2. The molecule has 4 rings (SSSR count). The second-order valence-corrected chi connectivity index (χ2v) is 5.46. The van der Waals surface area contributed by atoms with E-state index in [1.54, 1.807) is 12.1 Å². The summed E-state index contributed by atoms with van der Waals surface area (Å²) in [4.78, 5) is 0. The maximum Gasteiger partial charge on any atom is 0.123 e. The van der Waals surface area contributed by atoms with E-state index in [-0.39, 0.29) is 17.9 Å². The topological polar surface area (TPSA) is 38.0 Å². The molecule has 2 atom stereocenters. The minimum absolute atomic E-state index is 0.0428. The lowest BCUT2D eigenvalue weighted by Crippen LogP contribution is -2.19. The molecule has 2 aromatic rings. The summed E-state index contributed by atoms with van der Waals surface area (Å²) in [5.41, 5.74) is 11.6. The highest BCUT2D eigenvalue weighted by molar-refractivity contribution is 5.76. The van der Waals surface area contributed by atoms with E-state index in [1.165, 1.54) is 17.2 Å². The van der Waals surface area contributed by atoms with Crippen LogP contribution in [0.15, 0.2) is 60.8 Å². The van der Waals surface area contributed by atoms with Gasteiger partial charge in [-0.1, -0.05) is 30.3 Å². The Kier molecular flexibility index (Phi) is 2.69. The SMILES string of the molecule is NC1c2ccc(C3=CC=CNC3c3cccc(F)c3)cc21. The number of rotatable bonds is 2. The molecule has 2 aliphatic rings. The van der Waals surface area contributed by atoms with Crippen LogP contribution >= 0.6 is 0 Å². The Bertz CT molecular complexity index is 777. The van der Waals surface area contributed by atoms with Crippen LogP contribution in [0.2, 0.25) is 0 Å². The lowest BCUT2D eigenvalue weighted by molar-refractivity contribution is 0.621. The molecule has 3 N–H and O–H groups in total. The van der Waals surface area contributed by atoms with Gasteiger partial charge in [0.15, 0.2) is 0 Å². The van der Waals surface area contributed by atoms with Gasteiger partial charge in [0, 0.05) is 0 Å². The quantitative estimate of drug-likeness (QED) is 0.883. The zero-order valence-corrected chi connectivity index (χ0v) is 11.4. The van der Waals surface area contributed by atoms with Gasteiger partial charge in [-0.2, -0.15) is 0 Å². The predicted octanol–water partition coefficient (Wildman–Crippen LogP) is 3.43. The van der Waals surface area contributed by atoms with Gasteiger partial charge in [-0.05, 0) is 58.3 Å². The Balaban J connectivity index is 1.75. The van der Waals surface area contributed by atoms with Crippen molar-refractivity contribution in [1.82, 2.24) is 5.32 Å². The van der Waals surface area contributed by atoms with Crippen molar-refractivity contribution in [3.8, 4) is 0 Å². The van der Waals surface area contributed by atoms with E-state index in [0.29, 0.717) is 0 Å². The predicted molar refractivity (Wildman–Crippen MR) is 81.9 cm³/mol. The van der Waals surface area contributed by atoms with Gasteiger partial charge in [-0.25, -0.2) is 4.39 Å². The third kappa shape index (κ3) is 2.06. The highest BCUT2D eigenvalue weighted by Crippen LogP contribution is 2.42. The molecule has 0 amide bonds. The highest BCUT2D eigenvalue weighted by Gasteiger charge is 2.29. The van der Waals surface area contributed by atoms with Crippen LogP contribution in [0, 0.1) is 5.82 Å². The number of benzene rings is 2. The lowest BCUT2D eigenvalue weighted by Gasteiger charge is -2.24. The van der Waals surface area contributed by atoms with Gasteiger partial charge in [0.25, 0.3) is 0 Å². The highest BCUT2D eigenvalue weighted by atomic mass is 19.1. The second-order valence-electron chi connectivity index (χ2n) is 5.46. The summed E-state index contributed by atoms with van der Waals surface area (Å²) >= 11 is 0.